The van der Waals surface area contributed by atoms with Gasteiger partial charge in [-0.3, -0.25) is 4.79 Å². The van der Waals surface area contributed by atoms with Gasteiger partial charge in [0.15, 0.2) is 0 Å². The molecule has 0 bridgehead atoms. The fourth-order valence-electron chi connectivity index (χ4n) is 0.933. The maximum atomic E-state index is 10.7. The lowest BCUT2D eigenvalue weighted by Gasteiger charge is -2.05. The van der Waals surface area contributed by atoms with E-state index in [9.17, 15) is 4.79 Å². The predicted octanol–water partition coefficient (Wildman–Crippen LogP) is 3.04. The number of rotatable bonds is 2. The van der Waals surface area contributed by atoms with Gasteiger partial charge in [-0.05, 0) is 17.7 Å². The third-order valence-electron chi connectivity index (χ3n) is 1.50. The molecule has 0 unspecified atom stereocenters. The van der Waals surface area contributed by atoms with Crippen molar-refractivity contribution in [1.82, 2.24) is 0 Å². The number of hydrogen-bond donors (Lipinski definition) is 1. The zero-order valence-electron chi connectivity index (χ0n) is 7.10. The third-order valence-corrected chi connectivity index (χ3v) is 2.12. The van der Waals surface area contributed by atoms with Crippen LogP contribution in [0.5, 0.6) is 0 Å². The number of carbonyl (C=O) groups is 1. The van der Waals surface area contributed by atoms with Crippen molar-refractivity contribution in [1.29, 1.82) is 0 Å². The van der Waals surface area contributed by atoms with Gasteiger partial charge in [-0.15, -0.1) is 11.6 Å². The lowest BCUT2D eigenvalue weighted by Crippen LogP contribution is -2.06. The number of carbonyl (C=O) groups excluding carboxylic acids is 1. The fraction of sp³-hybridized carbons (Fsp3) is 0.222. The molecule has 13 heavy (non-hydrogen) atoms. The second kappa shape index (κ2) is 4.49. The van der Waals surface area contributed by atoms with E-state index in [1.54, 1.807) is 12.1 Å². The summed E-state index contributed by atoms with van der Waals surface area (Å²) in [7, 11) is 0. The van der Waals surface area contributed by atoms with Crippen LogP contribution < -0.4 is 5.32 Å². The van der Waals surface area contributed by atoms with E-state index in [-0.39, 0.29) is 5.91 Å². The molecule has 1 N–H and O–H groups in total. The lowest BCUT2D eigenvalue weighted by molar-refractivity contribution is -0.114. The summed E-state index contributed by atoms with van der Waals surface area (Å²) in [6, 6.07) is 5.30. The van der Waals surface area contributed by atoms with Gasteiger partial charge in [0.1, 0.15) is 0 Å². The summed E-state index contributed by atoms with van der Waals surface area (Å²) in [4.78, 5) is 10.7. The van der Waals surface area contributed by atoms with E-state index in [2.05, 4.69) is 5.32 Å². The summed E-state index contributed by atoms with van der Waals surface area (Å²) in [5, 5.41) is 3.12. The SMILES string of the molecule is CC(=O)Nc1ccc(CCl)cc1Cl. The monoisotopic (exact) mass is 217 g/mol. The molecule has 0 aliphatic carbocycles. The van der Waals surface area contributed by atoms with Crippen LogP contribution in [-0.4, -0.2) is 5.91 Å². The van der Waals surface area contributed by atoms with Gasteiger partial charge in [0.05, 0.1) is 10.7 Å². The summed E-state index contributed by atoms with van der Waals surface area (Å²) in [6.45, 7) is 1.44. The molecule has 70 valence electrons. The Morgan fingerprint density at radius 3 is 2.69 bits per heavy atom. The van der Waals surface area contributed by atoms with Crippen LogP contribution >= 0.6 is 23.2 Å². The Hall–Kier alpha value is -0.730. The Balaban J connectivity index is 2.91. The summed E-state index contributed by atoms with van der Waals surface area (Å²) in [5.74, 6) is 0.278. The highest BCUT2D eigenvalue weighted by Crippen LogP contribution is 2.23. The van der Waals surface area contributed by atoms with Gasteiger partial charge in [-0.1, -0.05) is 17.7 Å². The standard InChI is InChI=1S/C9H9Cl2NO/c1-6(13)12-9-3-2-7(5-10)4-8(9)11/h2-4H,5H2,1H3,(H,12,13). The Bertz CT molecular complexity index is 325. The van der Waals surface area contributed by atoms with E-state index in [1.165, 1.54) is 6.92 Å². The first-order valence-corrected chi connectivity index (χ1v) is 4.66. The molecule has 1 aromatic carbocycles. The van der Waals surface area contributed by atoms with Gasteiger partial charge in [0.25, 0.3) is 0 Å². The van der Waals surface area contributed by atoms with Crippen LogP contribution in [0.3, 0.4) is 0 Å². The number of hydrogen-bond acceptors (Lipinski definition) is 1. The number of nitrogens with one attached hydrogen (secondary N) is 1. The van der Waals surface area contributed by atoms with Gasteiger partial charge in [0.2, 0.25) is 5.91 Å². The van der Waals surface area contributed by atoms with Gasteiger partial charge in [0, 0.05) is 12.8 Å². The van der Waals surface area contributed by atoms with Crippen LogP contribution in [0.15, 0.2) is 18.2 Å². The van der Waals surface area contributed by atoms with Gasteiger partial charge >= 0.3 is 0 Å². The van der Waals surface area contributed by atoms with E-state index in [1.807, 2.05) is 6.07 Å². The van der Waals surface area contributed by atoms with Gasteiger partial charge < -0.3 is 5.32 Å². The Morgan fingerprint density at radius 1 is 1.54 bits per heavy atom. The van der Waals surface area contributed by atoms with Crippen molar-refractivity contribution in [3.63, 3.8) is 0 Å². The third kappa shape index (κ3) is 2.90. The minimum atomic E-state index is -0.138. The number of halogens is 2. The van der Waals surface area contributed by atoms with Gasteiger partial charge in [-0.2, -0.15) is 0 Å². The van der Waals surface area contributed by atoms with E-state index in [0.29, 0.717) is 16.6 Å². The second-order valence-corrected chi connectivity index (χ2v) is 3.30. The molecule has 0 atom stereocenters. The maximum absolute atomic E-state index is 10.7. The molecule has 1 aromatic rings. The molecule has 0 aromatic heterocycles. The molecule has 0 saturated carbocycles. The summed E-state index contributed by atoms with van der Waals surface area (Å²) in [5.41, 5.74) is 1.55. The quantitative estimate of drug-likeness (QED) is 0.759. The Kier molecular flexibility index (Phi) is 3.58. The first-order valence-electron chi connectivity index (χ1n) is 3.75. The van der Waals surface area contributed by atoms with Crippen molar-refractivity contribution >= 4 is 34.8 Å². The summed E-state index contributed by atoms with van der Waals surface area (Å²) in [6.07, 6.45) is 0. The molecule has 0 radical (unpaired) electrons. The molecule has 4 heteroatoms. The van der Waals surface area contributed by atoms with Crippen LogP contribution in [0.1, 0.15) is 12.5 Å². The number of alkyl halides is 1. The molecule has 0 fully saturated rings. The highest BCUT2D eigenvalue weighted by molar-refractivity contribution is 6.33. The second-order valence-electron chi connectivity index (χ2n) is 2.63. The zero-order chi connectivity index (χ0) is 9.84. The highest BCUT2D eigenvalue weighted by Gasteiger charge is 2.02. The molecule has 2 nitrogen and oxygen atoms in total. The molecular formula is C9H9Cl2NO. The van der Waals surface area contributed by atoms with Crippen molar-refractivity contribution in [3.05, 3.63) is 28.8 Å². The van der Waals surface area contributed by atoms with Crippen molar-refractivity contribution in [2.75, 3.05) is 5.32 Å². The topological polar surface area (TPSA) is 29.1 Å². The minimum Gasteiger partial charge on any atom is -0.325 e. The Labute approximate surface area is 86.8 Å². The summed E-state index contributed by atoms with van der Waals surface area (Å²) >= 11 is 11.5. The van der Waals surface area contributed by atoms with E-state index in [4.69, 9.17) is 23.2 Å². The van der Waals surface area contributed by atoms with Crippen molar-refractivity contribution in [2.24, 2.45) is 0 Å². The minimum absolute atomic E-state index is 0.138. The molecule has 0 aliphatic rings. The average molecular weight is 218 g/mol. The van der Waals surface area contributed by atoms with E-state index in [0.717, 1.165) is 5.56 Å². The molecule has 1 amide bonds. The highest BCUT2D eigenvalue weighted by atomic mass is 35.5. The molecule has 0 aliphatic heterocycles. The fourth-order valence-corrected chi connectivity index (χ4v) is 1.35. The van der Waals surface area contributed by atoms with Crippen LogP contribution in [0, 0.1) is 0 Å². The molecule has 1 rings (SSSR count). The van der Waals surface area contributed by atoms with Crippen LogP contribution in [0.4, 0.5) is 5.69 Å². The first kappa shape index (κ1) is 10.4. The van der Waals surface area contributed by atoms with E-state index >= 15 is 0 Å². The molecular weight excluding hydrogens is 209 g/mol. The molecule has 0 spiro atoms. The molecule has 0 heterocycles. The van der Waals surface area contributed by atoms with Crippen molar-refractivity contribution in [2.45, 2.75) is 12.8 Å². The number of benzene rings is 1. The number of amides is 1. The average Bonchev–Trinajstić information content (AvgIpc) is 2.08. The molecule has 0 saturated heterocycles. The normalized spacial score (nSPS) is 9.77. The smallest absolute Gasteiger partial charge is 0.221 e. The van der Waals surface area contributed by atoms with Crippen molar-refractivity contribution < 1.29 is 4.79 Å². The van der Waals surface area contributed by atoms with Crippen LogP contribution in [0.2, 0.25) is 5.02 Å². The Morgan fingerprint density at radius 2 is 2.23 bits per heavy atom. The van der Waals surface area contributed by atoms with Crippen LogP contribution in [0.25, 0.3) is 0 Å². The van der Waals surface area contributed by atoms with E-state index < -0.39 is 0 Å². The predicted molar refractivity (Wildman–Crippen MR) is 55.3 cm³/mol. The lowest BCUT2D eigenvalue weighted by atomic mass is 10.2. The first-order chi connectivity index (χ1) is 6.13. The largest absolute Gasteiger partial charge is 0.325 e. The zero-order valence-corrected chi connectivity index (χ0v) is 8.62. The van der Waals surface area contributed by atoms with Gasteiger partial charge in [-0.25, -0.2) is 0 Å². The summed E-state index contributed by atoms with van der Waals surface area (Å²) < 4.78 is 0. The van der Waals surface area contributed by atoms with Crippen molar-refractivity contribution in [3.8, 4) is 0 Å². The van der Waals surface area contributed by atoms with Crippen LogP contribution in [-0.2, 0) is 10.7 Å². The maximum Gasteiger partial charge on any atom is 0.221 e. The number of anilines is 1.